The van der Waals surface area contributed by atoms with Crippen LogP contribution in [0.15, 0.2) is 60.9 Å². The minimum Gasteiger partial charge on any atom is -0.480 e. The van der Waals surface area contributed by atoms with E-state index in [1.807, 2.05) is 62.4 Å². The van der Waals surface area contributed by atoms with E-state index in [1.165, 1.54) is 6.92 Å². The zero-order valence-corrected chi connectivity index (χ0v) is 39.5. The van der Waals surface area contributed by atoms with Gasteiger partial charge in [0.05, 0.1) is 6.04 Å². The van der Waals surface area contributed by atoms with Gasteiger partial charge in [0.2, 0.25) is 35.4 Å². The topological polar surface area (TPSA) is 357 Å². The number of carboxylic acids is 1. The smallest absolute Gasteiger partial charge is 0.326 e. The number of fused-ring (bicyclic) bond motifs is 2. The minimum absolute atomic E-state index is 0.0163. The maximum Gasteiger partial charge on any atom is 0.326 e. The number of carbonyl (C=O) groups is 7. The average Bonchev–Trinajstić information content (AvgIpc) is 3.91. The van der Waals surface area contributed by atoms with Crippen LogP contribution < -0.4 is 54.4 Å². The molecule has 21 nitrogen and oxygen atoms in total. The molecular formula is C46H67N13O8S. The number of H-pyrrole nitrogens is 2. The average molecular weight is 962 g/mol. The molecule has 0 bridgehead atoms. The molecule has 2 aromatic carbocycles. The number of aliphatic carboxylic acids is 1. The lowest BCUT2D eigenvalue weighted by atomic mass is 9.99. The zero-order chi connectivity index (χ0) is 49.9. The molecule has 6 amide bonds. The molecule has 0 radical (unpaired) electrons. The van der Waals surface area contributed by atoms with Crippen molar-refractivity contribution in [3.63, 3.8) is 0 Å². The summed E-state index contributed by atoms with van der Waals surface area (Å²) in [5.41, 5.74) is 20.1. The van der Waals surface area contributed by atoms with Gasteiger partial charge in [0.1, 0.15) is 36.3 Å². The number of unbranched alkanes of at least 4 members (excludes halogenated alkanes) is 1. The van der Waals surface area contributed by atoms with Gasteiger partial charge in [0.15, 0.2) is 5.96 Å². The second-order valence-electron chi connectivity index (χ2n) is 17.2. The summed E-state index contributed by atoms with van der Waals surface area (Å²) in [6.45, 7) is 5.64. The van der Waals surface area contributed by atoms with Crippen molar-refractivity contribution in [3.8, 4) is 0 Å². The van der Waals surface area contributed by atoms with Gasteiger partial charge in [-0.25, -0.2) is 4.79 Å². The Balaban J connectivity index is 1.52. The predicted octanol–water partition coefficient (Wildman–Crippen LogP) is 0.143. The highest BCUT2D eigenvalue weighted by atomic mass is 32.1. The Hall–Kier alpha value is -6.65. The standard InChI is InChI=1S/C46H67N13O8S/c1-25(2)19-35(57-43(64)36(56-39(60)26(3)48)20-27-22-52-31-13-6-4-11-29(27)31)42(63)55-33(15-8-9-17-47)40(61)54-34(16-10-18-51-46(49)50)41(62)59-38(24-68)44(65)58-37(45(66)67)21-28-23-53-32-14-7-5-12-30(28)32/h4-7,11-14,22-23,25-26,33-38,52-53,68H,8-10,15-21,24,47-48H2,1-3H3,(H,54,61)(H,55,63)(H,56,60)(H,57,64)(H,58,65)(H,59,62)(H,66,67)(H4,49,50,51)/t26-,33-,34-,35-,36-,37-,38-/m0/s1. The van der Waals surface area contributed by atoms with Gasteiger partial charge in [-0.2, -0.15) is 12.6 Å². The fourth-order valence-electron chi connectivity index (χ4n) is 7.57. The summed E-state index contributed by atoms with van der Waals surface area (Å²) in [5, 5.41) is 37.9. The molecular weight excluding hydrogens is 895 g/mol. The third kappa shape index (κ3) is 16.3. The third-order valence-electron chi connectivity index (χ3n) is 11.2. The van der Waals surface area contributed by atoms with Crippen LogP contribution in [0.1, 0.15) is 70.4 Å². The summed E-state index contributed by atoms with van der Waals surface area (Å²) >= 11 is 4.27. The number of carbonyl (C=O) groups excluding carboxylic acids is 6. The van der Waals surface area contributed by atoms with Gasteiger partial charge in [0.25, 0.3) is 0 Å². The largest absolute Gasteiger partial charge is 0.480 e. The van der Waals surface area contributed by atoms with Crippen LogP contribution in [-0.2, 0) is 46.4 Å². The Morgan fingerprint density at radius 2 is 1.07 bits per heavy atom. The number of aromatic nitrogens is 2. The summed E-state index contributed by atoms with van der Waals surface area (Å²) in [5.74, 6) is -6.25. The number of thiol groups is 1. The van der Waals surface area contributed by atoms with Gasteiger partial charge < -0.3 is 69.5 Å². The van der Waals surface area contributed by atoms with Crippen molar-refractivity contribution >= 4 is 81.8 Å². The fourth-order valence-corrected chi connectivity index (χ4v) is 7.83. The summed E-state index contributed by atoms with van der Waals surface area (Å²) < 4.78 is 0. The van der Waals surface area contributed by atoms with Crippen LogP contribution in [0.25, 0.3) is 21.8 Å². The molecule has 68 heavy (non-hydrogen) atoms. The second-order valence-corrected chi connectivity index (χ2v) is 17.6. The Bertz CT molecular complexity index is 2370. The van der Waals surface area contributed by atoms with E-state index in [0.717, 1.165) is 27.4 Å². The Morgan fingerprint density at radius 3 is 1.57 bits per heavy atom. The van der Waals surface area contributed by atoms with Crippen molar-refractivity contribution in [2.24, 2.45) is 23.1 Å². The minimum atomic E-state index is -1.37. The van der Waals surface area contributed by atoms with Crippen LogP contribution in [0, 0.1) is 11.3 Å². The van der Waals surface area contributed by atoms with E-state index in [0.29, 0.717) is 24.9 Å². The lowest BCUT2D eigenvalue weighted by Gasteiger charge is -2.28. The SMILES string of the molecule is CC(C)C[C@H](NC(=O)[C@H](Cc1c[nH]c2ccccc12)NC(=O)[C@H](C)N)C(=O)N[C@@H](CCCCN)C(=O)N[C@@H](CCCNC(=N)N)C(=O)N[C@@H](CS)C(=O)N[C@@H](Cc1c[nH]c2ccccc12)C(=O)O. The highest BCUT2D eigenvalue weighted by Gasteiger charge is 2.34. The number of aromatic amines is 2. The molecule has 4 aromatic rings. The maximum atomic E-state index is 14.2. The first-order chi connectivity index (χ1) is 32.4. The van der Waals surface area contributed by atoms with Gasteiger partial charge >= 0.3 is 5.97 Å². The van der Waals surface area contributed by atoms with Crippen LogP contribution >= 0.6 is 12.6 Å². The van der Waals surface area contributed by atoms with Gasteiger partial charge in [-0.1, -0.05) is 50.2 Å². The summed E-state index contributed by atoms with van der Waals surface area (Å²) in [6, 6.07) is 6.32. The van der Waals surface area contributed by atoms with Crippen LogP contribution in [0.5, 0.6) is 0 Å². The molecule has 22 heteroatoms. The van der Waals surface area contributed by atoms with Gasteiger partial charge in [0, 0.05) is 59.3 Å². The molecule has 0 fully saturated rings. The summed E-state index contributed by atoms with van der Waals surface area (Å²) in [6.07, 6.45) is 4.77. The number of nitrogens with one attached hydrogen (secondary N) is 10. The Labute approximate surface area is 400 Å². The number of amides is 6. The highest BCUT2D eigenvalue weighted by Crippen LogP contribution is 2.21. The van der Waals surface area contributed by atoms with E-state index in [4.69, 9.17) is 22.6 Å². The molecule has 0 aliphatic rings. The number of benzene rings is 2. The number of carboxylic acid groups (broad SMARTS) is 1. The molecule has 0 unspecified atom stereocenters. The first kappa shape index (κ1) is 54.0. The number of nitrogens with two attached hydrogens (primary N) is 3. The first-order valence-electron chi connectivity index (χ1n) is 22.7. The number of guanidine groups is 1. The summed E-state index contributed by atoms with van der Waals surface area (Å²) in [7, 11) is 0. The maximum absolute atomic E-state index is 14.2. The quantitative estimate of drug-likeness (QED) is 0.0157. The lowest BCUT2D eigenvalue weighted by Crippen LogP contribution is -2.60. The van der Waals surface area contributed by atoms with E-state index < -0.39 is 83.7 Å². The van der Waals surface area contributed by atoms with Crippen LogP contribution in [-0.4, -0.2) is 124 Å². The molecule has 2 aromatic heterocycles. The molecule has 0 saturated heterocycles. The van der Waals surface area contributed by atoms with Crippen molar-refractivity contribution < 1.29 is 38.7 Å². The number of rotatable bonds is 28. The van der Waals surface area contributed by atoms with Crippen LogP contribution in [0.4, 0.5) is 0 Å². The van der Waals surface area contributed by atoms with Crippen molar-refractivity contribution in [1.82, 2.24) is 47.2 Å². The third-order valence-corrected chi connectivity index (χ3v) is 11.6. The van der Waals surface area contributed by atoms with E-state index in [1.54, 1.807) is 12.4 Å². The van der Waals surface area contributed by atoms with Crippen LogP contribution in [0.2, 0.25) is 0 Å². The molecule has 370 valence electrons. The highest BCUT2D eigenvalue weighted by molar-refractivity contribution is 7.80. The van der Waals surface area contributed by atoms with E-state index in [9.17, 15) is 38.7 Å². The number of hydrogen-bond acceptors (Lipinski definition) is 11. The number of para-hydroxylation sites is 2. The first-order valence-corrected chi connectivity index (χ1v) is 23.3. The van der Waals surface area contributed by atoms with E-state index in [-0.39, 0.29) is 62.7 Å². The fraction of sp³-hybridized carbons (Fsp3) is 0.478. The predicted molar refractivity (Wildman–Crippen MR) is 262 cm³/mol. The van der Waals surface area contributed by atoms with Gasteiger partial charge in [-0.05, 0) is 81.2 Å². The molecule has 17 N–H and O–H groups in total. The van der Waals surface area contributed by atoms with E-state index in [2.05, 4.69) is 59.8 Å². The monoisotopic (exact) mass is 961 g/mol. The van der Waals surface area contributed by atoms with Crippen LogP contribution in [0.3, 0.4) is 0 Å². The van der Waals surface area contributed by atoms with Gasteiger partial charge in [-0.3, -0.25) is 34.2 Å². The summed E-state index contributed by atoms with van der Waals surface area (Å²) in [4.78, 5) is 101. The van der Waals surface area contributed by atoms with E-state index >= 15 is 0 Å². The normalized spacial score (nSPS) is 14.4. The van der Waals surface area contributed by atoms with Crippen molar-refractivity contribution in [3.05, 3.63) is 72.1 Å². The van der Waals surface area contributed by atoms with Crippen molar-refractivity contribution in [2.45, 2.75) is 114 Å². The molecule has 4 rings (SSSR count). The number of hydrogen-bond donors (Lipinski definition) is 15. The lowest BCUT2D eigenvalue weighted by molar-refractivity contribution is -0.142. The van der Waals surface area contributed by atoms with Crippen molar-refractivity contribution in [1.29, 1.82) is 5.41 Å². The Kier molecular flexibility index (Phi) is 21.1. The molecule has 0 saturated carbocycles. The zero-order valence-electron chi connectivity index (χ0n) is 38.7. The molecule has 2 heterocycles. The van der Waals surface area contributed by atoms with Gasteiger partial charge in [-0.15, -0.1) is 0 Å². The molecule has 7 atom stereocenters. The van der Waals surface area contributed by atoms with Crippen molar-refractivity contribution in [2.75, 3.05) is 18.8 Å². The Morgan fingerprint density at radius 1 is 0.632 bits per heavy atom. The molecule has 0 aliphatic carbocycles. The second kappa shape index (κ2) is 26.6. The molecule has 0 spiro atoms. The molecule has 0 aliphatic heterocycles.